The van der Waals surface area contributed by atoms with Gasteiger partial charge in [0.2, 0.25) is 0 Å². The van der Waals surface area contributed by atoms with Crippen molar-refractivity contribution in [3.63, 3.8) is 0 Å². The highest BCUT2D eigenvalue weighted by Gasteiger charge is 2.48. The molecule has 46 heavy (non-hydrogen) atoms. The summed E-state index contributed by atoms with van der Waals surface area (Å²) in [4.78, 5) is 0. The van der Waals surface area contributed by atoms with E-state index in [2.05, 4.69) is 43.3 Å². The molecule has 5 rings (SSSR count). The van der Waals surface area contributed by atoms with Gasteiger partial charge in [-0.25, -0.2) is 0 Å². The fourth-order valence-corrected chi connectivity index (χ4v) is 6.50. The molecule has 7 nitrogen and oxygen atoms in total. The van der Waals surface area contributed by atoms with E-state index in [0.717, 1.165) is 28.0 Å². The summed E-state index contributed by atoms with van der Waals surface area (Å²) in [5, 5.41) is 0. The summed E-state index contributed by atoms with van der Waals surface area (Å²) in [7, 11) is 3.30. The van der Waals surface area contributed by atoms with E-state index in [1.54, 1.807) is 26.0 Å². The maximum Gasteiger partial charge on any atom is 0.132 e. The summed E-state index contributed by atoms with van der Waals surface area (Å²) in [6.45, 7) is 3.97. The summed E-state index contributed by atoms with van der Waals surface area (Å²) in [6.07, 6.45) is -1.79. The number of rotatable bonds is 17. The van der Waals surface area contributed by atoms with Crippen molar-refractivity contribution in [3.05, 3.63) is 131 Å². The number of thioether (sulfide) groups is 1. The van der Waals surface area contributed by atoms with E-state index in [-0.39, 0.29) is 12.0 Å². The number of ether oxygens (including phenoxy) is 7. The average Bonchev–Trinajstić information content (AvgIpc) is 3.11. The first-order valence-corrected chi connectivity index (χ1v) is 16.8. The Kier molecular flexibility index (Phi) is 13.4. The van der Waals surface area contributed by atoms with Crippen molar-refractivity contribution in [3.8, 4) is 11.5 Å². The van der Waals surface area contributed by atoms with Crippen molar-refractivity contribution < 1.29 is 33.2 Å². The van der Waals surface area contributed by atoms with Crippen molar-refractivity contribution in [2.75, 3.05) is 26.6 Å². The molecule has 0 N–H and O–H groups in total. The van der Waals surface area contributed by atoms with Crippen LogP contribution in [0.15, 0.2) is 109 Å². The Morgan fingerprint density at radius 1 is 0.565 bits per heavy atom. The number of methoxy groups -OCH3 is 2. The molecule has 0 amide bonds. The summed E-state index contributed by atoms with van der Waals surface area (Å²) in [5.74, 6) is 2.23. The average molecular weight is 645 g/mol. The molecule has 4 aromatic carbocycles. The Bertz CT molecular complexity index is 1400. The van der Waals surface area contributed by atoms with Crippen LogP contribution in [-0.4, -0.2) is 56.4 Å². The van der Waals surface area contributed by atoms with Gasteiger partial charge >= 0.3 is 0 Å². The van der Waals surface area contributed by atoms with E-state index < -0.39 is 24.4 Å². The minimum Gasteiger partial charge on any atom is -0.496 e. The minimum absolute atomic E-state index is 0.244. The minimum atomic E-state index is -0.474. The molecule has 1 saturated heterocycles. The maximum absolute atomic E-state index is 6.81. The van der Waals surface area contributed by atoms with Gasteiger partial charge in [-0.2, -0.15) is 0 Å². The predicted molar refractivity (Wildman–Crippen MR) is 181 cm³/mol. The molecule has 0 radical (unpaired) electrons. The Hall–Kier alpha value is -3.37. The third kappa shape index (κ3) is 9.35. The molecule has 0 bridgehead atoms. The van der Waals surface area contributed by atoms with E-state index in [9.17, 15) is 0 Å². The lowest BCUT2D eigenvalue weighted by Gasteiger charge is -2.46. The van der Waals surface area contributed by atoms with Gasteiger partial charge in [-0.15, -0.1) is 11.8 Å². The predicted octanol–water partition coefficient (Wildman–Crippen LogP) is 7.45. The fourth-order valence-electron chi connectivity index (χ4n) is 5.53. The van der Waals surface area contributed by atoms with Gasteiger partial charge in [0.25, 0.3) is 0 Å². The van der Waals surface area contributed by atoms with E-state index in [4.69, 9.17) is 33.2 Å². The summed E-state index contributed by atoms with van der Waals surface area (Å²) in [5.41, 5.74) is 3.73. The van der Waals surface area contributed by atoms with Crippen LogP contribution in [-0.2, 0) is 50.1 Å². The lowest BCUT2D eigenvalue weighted by molar-refractivity contribution is -0.254. The molecule has 0 spiro atoms. The number of benzene rings is 4. The first-order chi connectivity index (χ1) is 22.7. The van der Waals surface area contributed by atoms with Crippen LogP contribution in [0.25, 0.3) is 0 Å². The molecular formula is C38H44O7S. The molecule has 0 saturated carbocycles. The SMILES string of the molecule is CCS[C@@H]1O[C@H](COCc2ccccc2)[C@@H](OCc2ccccc2)[C@H](OCc2ccccc2)[C@H]1OCc1c(OC)cccc1OC. The lowest BCUT2D eigenvalue weighted by Crippen LogP contribution is -2.60. The Morgan fingerprint density at radius 3 is 1.59 bits per heavy atom. The Balaban J connectivity index is 1.44. The molecule has 1 aliphatic rings. The topological polar surface area (TPSA) is 64.6 Å². The Labute approximate surface area is 277 Å². The highest BCUT2D eigenvalue weighted by molar-refractivity contribution is 7.99. The highest BCUT2D eigenvalue weighted by Crippen LogP contribution is 2.37. The second-order valence-electron chi connectivity index (χ2n) is 10.9. The van der Waals surface area contributed by atoms with Crippen molar-refractivity contribution in [2.24, 2.45) is 0 Å². The zero-order valence-corrected chi connectivity index (χ0v) is 27.6. The third-order valence-electron chi connectivity index (χ3n) is 7.84. The van der Waals surface area contributed by atoms with Crippen molar-refractivity contribution in [2.45, 2.75) is 63.2 Å². The van der Waals surface area contributed by atoms with E-state index in [1.807, 2.05) is 72.8 Å². The van der Waals surface area contributed by atoms with Crippen LogP contribution in [0.5, 0.6) is 11.5 Å². The van der Waals surface area contributed by atoms with Gasteiger partial charge in [0.1, 0.15) is 41.4 Å². The van der Waals surface area contributed by atoms with E-state index in [0.29, 0.717) is 37.9 Å². The van der Waals surface area contributed by atoms with Gasteiger partial charge in [-0.1, -0.05) is 104 Å². The zero-order valence-electron chi connectivity index (χ0n) is 26.8. The van der Waals surface area contributed by atoms with Gasteiger partial charge in [-0.05, 0) is 34.6 Å². The largest absolute Gasteiger partial charge is 0.496 e. The van der Waals surface area contributed by atoms with Gasteiger partial charge < -0.3 is 33.2 Å². The van der Waals surface area contributed by atoms with Gasteiger partial charge in [0, 0.05) is 0 Å². The van der Waals surface area contributed by atoms with E-state index in [1.165, 1.54) is 0 Å². The fraction of sp³-hybridized carbons (Fsp3) is 0.368. The highest BCUT2D eigenvalue weighted by atomic mass is 32.2. The molecule has 8 heteroatoms. The van der Waals surface area contributed by atoms with Gasteiger partial charge in [0.05, 0.1) is 52.8 Å². The zero-order chi connectivity index (χ0) is 32.0. The second-order valence-corrected chi connectivity index (χ2v) is 12.3. The van der Waals surface area contributed by atoms with Gasteiger partial charge in [-0.3, -0.25) is 0 Å². The summed E-state index contributed by atoms with van der Waals surface area (Å²) < 4.78 is 44.7. The first kappa shape index (κ1) is 34.0. The molecule has 4 aromatic rings. The monoisotopic (exact) mass is 644 g/mol. The molecule has 1 heterocycles. The standard InChI is InChI=1S/C38H44O7S/c1-4-46-38-37(44-26-31-32(39-2)21-14-22-33(31)40-3)36(43-25-30-19-12-7-13-20-30)35(42-24-29-17-10-6-11-18-29)34(45-38)27-41-23-28-15-8-5-9-16-28/h5-22,34-38H,4,23-27H2,1-3H3/t34-,35-,36+,37-,38+/m1/s1. The van der Waals surface area contributed by atoms with Crippen LogP contribution in [0.2, 0.25) is 0 Å². The van der Waals surface area contributed by atoms with Crippen LogP contribution in [0.4, 0.5) is 0 Å². The molecule has 1 aliphatic heterocycles. The smallest absolute Gasteiger partial charge is 0.132 e. The molecule has 0 aromatic heterocycles. The lowest BCUT2D eigenvalue weighted by atomic mass is 9.98. The van der Waals surface area contributed by atoms with Gasteiger partial charge in [0.15, 0.2) is 0 Å². The Morgan fingerprint density at radius 2 is 1.07 bits per heavy atom. The normalized spacial score (nSPS) is 21.2. The number of hydrogen-bond donors (Lipinski definition) is 0. The van der Waals surface area contributed by atoms with Crippen LogP contribution < -0.4 is 9.47 Å². The molecule has 244 valence electrons. The third-order valence-corrected chi connectivity index (χ3v) is 8.88. The van der Waals surface area contributed by atoms with Crippen LogP contribution in [0.1, 0.15) is 29.2 Å². The van der Waals surface area contributed by atoms with Crippen molar-refractivity contribution in [1.29, 1.82) is 0 Å². The molecule has 0 aliphatic carbocycles. The first-order valence-electron chi connectivity index (χ1n) is 15.7. The van der Waals surface area contributed by atoms with E-state index >= 15 is 0 Å². The maximum atomic E-state index is 6.81. The van der Waals surface area contributed by atoms with Crippen LogP contribution in [0.3, 0.4) is 0 Å². The van der Waals surface area contributed by atoms with Crippen LogP contribution >= 0.6 is 11.8 Å². The van der Waals surface area contributed by atoms with Crippen LogP contribution in [0, 0.1) is 0 Å². The molecule has 1 fully saturated rings. The quantitative estimate of drug-likeness (QED) is 0.117. The number of hydrogen-bond acceptors (Lipinski definition) is 8. The summed E-state index contributed by atoms with van der Waals surface area (Å²) >= 11 is 1.69. The molecular weight excluding hydrogens is 600 g/mol. The summed E-state index contributed by atoms with van der Waals surface area (Å²) in [6, 6.07) is 36.2. The molecule has 5 atom stereocenters. The molecule has 0 unspecified atom stereocenters. The second kappa shape index (κ2) is 18.1. The van der Waals surface area contributed by atoms with Crippen molar-refractivity contribution >= 4 is 11.8 Å². The van der Waals surface area contributed by atoms with Crippen molar-refractivity contribution in [1.82, 2.24) is 0 Å².